The van der Waals surface area contributed by atoms with E-state index in [9.17, 15) is 0 Å². The summed E-state index contributed by atoms with van der Waals surface area (Å²) in [4.78, 5) is 6.69. The van der Waals surface area contributed by atoms with E-state index >= 15 is 0 Å². The van der Waals surface area contributed by atoms with E-state index in [1.54, 1.807) is 0 Å². The van der Waals surface area contributed by atoms with Gasteiger partial charge in [0.2, 0.25) is 5.82 Å². The summed E-state index contributed by atoms with van der Waals surface area (Å²) in [5.41, 5.74) is 3.77. The summed E-state index contributed by atoms with van der Waals surface area (Å²) in [6, 6.07) is 17.2. The molecule has 0 radical (unpaired) electrons. The molecule has 1 aliphatic heterocycles. The Morgan fingerprint density at radius 2 is 1.96 bits per heavy atom. The molecule has 0 saturated carbocycles. The Bertz CT molecular complexity index is 1050. The van der Waals surface area contributed by atoms with Crippen molar-refractivity contribution in [3.05, 3.63) is 76.8 Å². The Kier molecular flexibility index (Phi) is 5.15. The number of thiocarbonyl (C=S) groups is 1. The van der Waals surface area contributed by atoms with Gasteiger partial charge in [0.15, 0.2) is 5.11 Å². The van der Waals surface area contributed by atoms with E-state index < -0.39 is 0 Å². The number of nitrogens with one attached hydrogen (secondary N) is 1. The van der Waals surface area contributed by atoms with Crippen molar-refractivity contribution >= 4 is 34.5 Å². The molecule has 5 nitrogen and oxygen atoms in total. The first-order chi connectivity index (χ1) is 13.6. The van der Waals surface area contributed by atoms with Crippen LogP contribution in [0.1, 0.15) is 31.3 Å². The average molecular weight is 411 g/mol. The average Bonchev–Trinajstić information content (AvgIpc) is 3.18. The normalized spacial score (nSPS) is 17.0. The van der Waals surface area contributed by atoms with E-state index in [0.29, 0.717) is 21.9 Å². The van der Waals surface area contributed by atoms with E-state index in [1.165, 1.54) is 0 Å². The maximum absolute atomic E-state index is 6.23. The smallest absolute Gasteiger partial charge is 0.258 e. The van der Waals surface area contributed by atoms with Crippen LogP contribution >= 0.6 is 23.8 Å². The highest BCUT2D eigenvalue weighted by atomic mass is 35.5. The largest absolute Gasteiger partial charge is 0.351 e. The number of halogens is 1. The molecule has 1 aromatic heterocycles. The van der Waals surface area contributed by atoms with E-state index in [-0.39, 0.29) is 6.04 Å². The summed E-state index contributed by atoms with van der Waals surface area (Å²) < 4.78 is 5.68. The highest BCUT2D eigenvalue weighted by molar-refractivity contribution is 7.80. The van der Waals surface area contributed by atoms with Crippen LogP contribution in [0.2, 0.25) is 5.02 Å². The van der Waals surface area contributed by atoms with Gasteiger partial charge in [-0.1, -0.05) is 59.2 Å². The lowest BCUT2D eigenvalue weighted by atomic mass is 9.95. The van der Waals surface area contributed by atoms with Crippen molar-refractivity contribution in [2.45, 2.75) is 19.9 Å². The summed E-state index contributed by atoms with van der Waals surface area (Å²) in [5.74, 6) is 1.02. The quantitative estimate of drug-likeness (QED) is 0.606. The van der Waals surface area contributed by atoms with Crippen molar-refractivity contribution in [1.29, 1.82) is 0 Å². The van der Waals surface area contributed by atoms with Gasteiger partial charge in [-0.15, -0.1) is 0 Å². The van der Waals surface area contributed by atoms with Gasteiger partial charge in [0.1, 0.15) is 0 Å². The lowest BCUT2D eigenvalue weighted by molar-refractivity contribution is 0.398. The number of nitrogens with zero attached hydrogens (tertiary/aromatic N) is 3. The molecule has 4 rings (SSSR count). The number of hydrogen-bond acceptors (Lipinski definition) is 4. The number of hydrogen-bond donors (Lipinski definition) is 1. The molecule has 0 spiro atoms. The third-order valence-electron chi connectivity index (χ3n) is 4.78. The molecule has 0 fully saturated rings. The van der Waals surface area contributed by atoms with Crippen molar-refractivity contribution in [2.75, 3.05) is 6.54 Å². The molecule has 1 N–H and O–H groups in total. The van der Waals surface area contributed by atoms with Crippen LogP contribution in [-0.2, 0) is 0 Å². The topological polar surface area (TPSA) is 54.2 Å². The van der Waals surface area contributed by atoms with Gasteiger partial charge in [-0.25, -0.2) is 0 Å². The monoisotopic (exact) mass is 410 g/mol. The van der Waals surface area contributed by atoms with Gasteiger partial charge < -0.3 is 14.7 Å². The summed E-state index contributed by atoms with van der Waals surface area (Å²) in [5, 5.41) is 8.91. The van der Waals surface area contributed by atoms with Gasteiger partial charge in [0.05, 0.1) is 11.6 Å². The Labute approximate surface area is 174 Å². The Morgan fingerprint density at radius 1 is 1.18 bits per heavy atom. The molecule has 2 heterocycles. The fourth-order valence-corrected chi connectivity index (χ4v) is 4.00. The second-order valence-electron chi connectivity index (χ2n) is 6.47. The molecule has 0 saturated heterocycles. The lowest BCUT2D eigenvalue weighted by Crippen LogP contribution is -2.45. The van der Waals surface area contributed by atoms with Crippen LogP contribution in [0.15, 0.2) is 64.8 Å². The van der Waals surface area contributed by atoms with Crippen LogP contribution in [-0.4, -0.2) is 26.7 Å². The van der Waals surface area contributed by atoms with E-state index in [1.807, 2.05) is 66.4 Å². The molecule has 142 valence electrons. The molecule has 28 heavy (non-hydrogen) atoms. The van der Waals surface area contributed by atoms with E-state index in [0.717, 1.165) is 28.9 Å². The van der Waals surface area contributed by atoms with Crippen LogP contribution in [0, 0.1) is 0 Å². The van der Waals surface area contributed by atoms with E-state index in [2.05, 4.69) is 22.4 Å². The first kappa shape index (κ1) is 18.7. The van der Waals surface area contributed by atoms with Crippen molar-refractivity contribution in [3.8, 4) is 11.4 Å². The molecule has 1 atom stereocenters. The zero-order valence-electron chi connectivity index (χ0n) is 15.5. The molecule has 7 heteroatoms. The first-order valence-electron chi connectivity index (χ1n) is 9.02. The summed E-state index contributed by atoms with van der Waals surface area (Å²) in [6.45, 7) is 4.82. The second kappa shape index (κ2) is 7.73. The lowest BCUT2D eigenvalue weighted by Gasteiger charge is -2.36. The van der Waals surface area contributed by atoms with Crippen LogP contribution in [0.5, 0.6) is 0 Å². The fourth-order valence-electron chi connectivity index (χ4n) is 3.41. The minimum atomic E-state index is -0.224. The van der Waals surface area contributed by atoms with Crippen LogP contribution in [0.4, 0.5) is 0 Å². The van der Waals surface area contributed by atoms with Crippen LogP contribution in [0.3, 0.4) is 0 Å². The Hall–Kier alpha value is -2.70. The first-order valence-corrected chi connectivity index (χ1v) is 9.81. The fraction of sp³-hybridized carbons (Fsp3) is 0.190. The number of aromatic nitrogens is 2. The third-order valence-corrected chi connectivity index (χ3v) is 5.36. The van der Waals surface area contributed by atoms with Gasteiger partial charge in [-0.05, 0) is 43.8 Å². The van der Waals surface area contributed by atoms with Gasteiger partial charge in [-0.3, -0.25) is 0 Å². The van der Waals surface area contributed by atoms with E-state index in [4.69, 9.17) is 28.3 Å². The predicted molar refractivity (Wildman–Crippen MR) is 115 cm³/mol. The zero-order valence-corrected chi connectivity index (χ0v) is 17.1. The molecule has 0 bridgehead atoms. The molecule has 1 aliphatic rings. The molecular weight excluding hydrogens is 392 g/mol. The van der Waals surface area contributed by atoms with Crippen LogP contribution < -0.4 is 5.32 Å². The van der Waals surface area contributed by atoms with Crippen LogP contribution in [0.25, 0.3) is 17.0 Å². The summed E-state index contributed by atoms with van der Waals surface area (Å²) in [6.07, 6.45) is 0. The molecule has 0 aliphatic carbocycles. The summed E-state index contributed by atoms with van der Waals surface area (Å²) >= 11 is 11.8. The predicted octanol–water partition coefficient (Wildman–Crippen LogP) is 5.07. The summed E-state index contributed by atoms with van der Waals surface area (Å²) in [7, 11) is 0. The number of benzene rings is 2. The minimum Gasteiger partial charge on any atom is -0.351 e. The standard InChI is InChI=1S/C21H19ClN4OS/c1-3-26-13(2)17(18(23-21(26)28)15-10-7-11-16(22)12-15)20-24-19(25-27-20)14-8-5-4-6-9-14/h4-12,18H,3H2,1-2H3,(H,23,28). The molecule has 2 aromatic carbocycles. The molecule has 0 amide bonds. The Morgan fingerprint density at radius 3 is 2.68 bits per heavy atom. The molecular formula is C21H19ClN4OS. The van der Waals surface area contributed by atoms with Gasteiger partial charge in [-0.2, -0.15) is 4.98 Å². The van der Waals surface area contributed by atoms with Crippen molar-refractivity contribution in [1.82, 2.24) is 20.4 Å². The Balaban J connectivity index is 1.83. The highest BCUT2D eigenvalue weighted by Crippen LogP contribution is 2.37. The second-order valence-corrected chi connectivity index (χ2v) is 7.29. The SMILES string of the molecule is CCN1C(=S)NC(c2cccc(Cl)c2)C(c2nc(-c3ccccc3)no2)=C1C. The van der Waals surface area contributed by atoms with Crippen molar-refractivity contribution in [2.24, 2.45) is 0 Å². The molecule has 1 unspecified atom stereocenters. The zero-order chi connectivity index (χ0) is 19.7. The van der Waals surface area contributed by atoms with Crippen molar-refractivity contribution < 1.29 is 4.52 Å². The van der Waals surface area contributed by atoms with Gasteiger partial charge in [0, 0.05) is 22.8 Å². The maximum Gasteiger partial charge on any atom is 0.258 e. The van der Waals surface area contributed by atoms with Crippen molar-refractivity contribution in [3.63, 3.8) is 0 Å². The van der Waals surface area contributed by atoms with Gasteiger partial charge >= 0.3 is 0 Å². The highest BCUT2D eigenvalue weighted by Gasteiger charge is 2.33. The number of allylic oxidation sites excluding steroid dienone is 1. The minimum absolute atomic E-state index is 0.224. The number of rotatable bonds is 4. The van der Waals surface area contributed by atoms with Gasteiger partial charge in [0.25, 0.3) is 5.89 Å². The maximum atomic E-state index is 6.23. The third kappa shape index (κ3) is 3.41. The molecule has 3 aromatic rings.